The fraction of sp³-hybridized carbons (Fsp3) is 0.467. The molecule has 1 aliphatic carbocycles. The van der Waals surface area contributed by atoms with Gasteiger partial charge in [-0.25, -0.2) is 17.1 Å². The third-order valence-corrected chi connectivity index (χ3v) is 6.39. The lowest BCUT2D eigenvalue weighted by Crippen LogP contribution is -2.44. The molecule has 0 aromatic heterocycles. The molecule has 1 saturated heterocycles. The second-order valence-electron chi connectivity index (χ2n) is 5.52. The lowest BCUT2D eigenvalue weighted by atomic mass is 9.75. The maximum atomic E-state index is 13.5. The van der Waals surface area contributed by atoms with Crippen LogP contribution >= 0.6 is 12.4 Å². The van der Waals surface area contributed by atoms with Crippen LogP contribution in [0.5, 0.6) is 0 Å². The van der Waals surface area contributed by atoms with Gasteiger partial charge in [0.05, 0.1) is 5.75 Å². The van der Waals surface area contributed by atoms with E-state index in [1.54, 1.807) is 23.4 Å². The van der Waals surface area contributed by atoms with Crippen LogP contribution < -0.4 is 0 Å². The molecule has 0 unspecified atom stereocenters. The van der Waals surface area contributed by atoms with Gasteiger partial charge < -0.3 is 0 Å². The average Bonchev–Trinajstić information content (AvgIpc) is 2.78. The summed E-state index contributed by atoms with van der Waals surface area (Å²) >= 11 is 0. The third-order valence-electron chi connectivity index (χ3n) is 4.51. The van der Waals surface area contributed by atoms with Crippen LogP contribution in [-0.4, -0.2) is 31.6 Å². The van der Waals surface area contributed by atoms with Crippen molar-refractivity contribution in [2.45, 2.75) is 25.2 Å². The molecular formula is C15H19ClFNO2S. The quantitative estimate of drug-likeness (QED) is 0.835. The molecule has 2 aliphatic rings. The van der Waals surface area contributed by atoms with E-state index in [9.17, 15) is 12.8 Å². The lowest BCUT2D eigenvalue weighted by molar-refractivity contribution is 0.274. The summed E-state index contributed by atoms with van der Waals surface area (Å²) in [7, 11) is -3.12. The first-order valence-electron chi connectivity index (χ1n) is 6.94. The molecular weight excluding hydrogens is 313 g/mol. The monoisotopic (exact) mass is 331 g/mol. The maximum absolute atomic E-state index is 13.5. The molecule has 1 aromatic carbocycles. The first kappa shape index (κ1) is 16.5. The van der Waals surface area contributed by atoms with Gasteiger partial charge in [0.2, 0.25) is 10.0 Å². The lowest BCUT2D eigenvalue weighted by Gasteiger charge is -2.38. The number of allylic oxidation sites excluding steroid dienone is 1. The molecule has 1 aliphatic heterocycles. The normalized spacial score (nSPS) is 20.3. The van der Waals surface area contributed by atoms with Gasteiger partial charge in [-0.1, -0.05) is 18.2 Å². The highest BCUT2D eigenvalue weighted by Gasteiger charge is 2.40. The van der Waals surface area contributed by atoms with E-state index in [-0.39, 0.29) is 29.4 Å². The summed E-state index contributed by atoms with van der Waals surface area (Å²) in [5.41, 5.74) is 1.88. The van der Waals surface area contributed by atoms with Gasteiger partial charge in [0, 0.05) is 18.5 Å². The van der Waals surface area contributed by atoms with E-state index in [1.807, 2.05) is 6.08 Å². The topological polar surface area (TPSA) is 37.4 Å². The summed E-state index contributed by atoms with van der Waals surface area (Å²) in [4.78, 5) is 0. The molecule has 1 aromatic rings. The van der Waals surface area contributed by atoms with Crippen LogP contribution in [0.15, 0.2) is 24.3 Å². The average molecular weight is 332 g/mol. The van der Waals surface area contributed by atoms with Crippen LogP contribution in [0.4, 0.5) is 4.39 Å². The largest absolute Gasteiger partial charge is 0.213 e. The number of nitrogens with zero attached hydrogens (tertiary/aromatic N) is 1. The number of benzene rings is 1. The Morgan fingerprint density at radius 2 is 1.95 bits per heavy atom. The Morgan fingerprint density at radius 3 is 2.57 bits per heavy atom. The Balaban J connectivity index is 0.00000161. The Bertz CT molecular complexity index is 664. The maximum Gasteiger partial charge on any atom is 0.213 e. The van der Waals surface area contributed by atoms with E-state index in [0.717, 1.165) is 24.0 Å². The first-order valence-corrected chi connectivity index (χ1v) is 8.55. The molecule has 3 rings (SSSR count). The molecule has 0 saturated carbocycles. The van der Waals surface area contributed by atoms with Gasteiger partial charge in [-0.2, -0.15) is 0 Å². The molecule has 3 nitrogen and oxygen atoms in total. The Hall–Kier alpha value is -0.910. The minimum Gasteiger partial charge on any atom is -0.212 e. The highest BCUT2D eigenvalue weighted by atomic mass is 35.5. The first-order chi connectivity index (χ1) is 9.47. The summed E-state index contributed by atoms with van der Waals surface area (Å²) in [6, 6.07) is 4.86. The van der Waals surface area contributed by atoms with E-state index in [0.29, 0.717) is 13.1 Å². The van der Waals surface area contributed by atoms with Crippen molar-refractivity contribution in [1.82, 2.24) is 4.31 Å². The van der Waals surface area contributed by atoms with Crippen LogP contribution in [0.3, 0.4) is 0 Å². The second kappa shape index (κ2) is 5.71. The second-order valence-corrected chi connectivity index (χ2v) is 7.78. The van der Waals surface area contributed by atoms with Gasteiger partial charge in [-0.15, -0.1) is 12.4 Å². The Labute approximate surface area is 131 Å². The zero-order valence-electron chi connectivity index (χ0n) is 11.9. The fourth-order valence-electron chi connectivity index (χ4n) is 3.23. The number of hydrogen-bond acceptors (Lipinski definition) is 2. The number of sulfonamides is 1. The third kappa shape index (κ3) is 2.74. The molecule has 1 heterocycles. The summed E-state index contributed by atoms with van der Waals surface area (Å²) in [5.74, 6) is -0.0865. The Kier molecular flexibility index (Phi) is 4.47. The van der Waals surface area contributed by atoms with Gasteiger partial charge >= 0.3 is 0 Å². The van der Waals surface area contributed by atoms with E-state index >= 15 is 0 Å². The molecule has 6 heteroatoms. The zero-order chi connectivity index (χ0) is 14.4. The van der Waals surface area contributed by atoms with Crippen molar-refractivity contribution < 1.29 is 12.8 Å². The molecule has 0 atom stereocenters. The molecule has 0 radical (unpaired) electrons. The standard InChI is InChI=1S/C15H18FNO2S.ClH/c1-2-20(18,19)17-9-7-15(8-10-17)6-5-12-3-4-13(16)11-14(12)15;/h3-6,11H,2,7-10H2,1H3;1H. The molecule has 21 heavy (non-hydrogen) atoms. The number of rotatable bonds is 2. The fourth-order valence-corrected chi connectivity index (χ4v) is 4.33. The van der Waals surface area contributed by atoms with Gasteiger partial charge in [0.25, 0.3) is 0 Å². The van der Waals surface area contributed by atoms with Crippen LogP contribution in [0.25, 0.3) is 6.08 Å². The van der Waals surface area contributed by atoms with Crippen molar-refractivity contribution in [1.29, 1.82) is 0 Å². The number of halogens is 2. The summed E-state index contributed by atoms with van der Waals surface area (Å²) in [6.45, 7) is 2.69. The predicted molar refractivity (Wildman–Crippen MR) is 84.6 cm³/mol. The smallest absolute Gasteiger partial charge is 0.212 e. The molecule has 1 fully saturated rings. The van der Waals surface area contributed by atoms with Crippen molar-refractivity contribution in [3.63, 3.8) is 0 Å². The molecule has 0 N–H and O–H groups in total. The summed E-state index contributed by atoms with van der Waals surface area (Å²) in [5, 5.41) is 0. The molecule has 116 valence electrons. The van der Waals surface area contributed by atoms with Crippen LogP contribution in [0.1, 0.15) is 30.9 Å². The van der Waals surface area contributed by atoms with Gasteiger partial charge in [0.1, 0.15) is 5.82 Å². The van der Waals surface area contributed by atoms with Crippen molar-refractivity contribution in [2.24, 2.45) is 0 Å². The SMILES string of the molecule is CCS(=O)(=O)N1CCC2(C=Cc3ccc(F)cc32)CC1.Cl. The summed E-state index contributed by atoms with van der Waals surface area (Å²) in [6.07, 6.45) is 5.59. The van der Waals surface area contributed by atoms with Gasteiger partial charge in [-0.3, -0.25) is 0 Å². The molecule has 0 amide bonds. The van der Waals surface area contributed by atoms with E-state index in [4.69, 9.17) is 0 Å². The van der Waals surface area contributed by atoms with Crippen LogP contribution in [0, 0.1) is 5.82 Å². The van der Waals surface area contributed by atoms with Crippen molar-refractivity contribution in [3.8, 4) is 0 Å². The number of hydrogen-bond donors (Lipinski definition) is 0. The van der Waals surface area contributed by atoms with Crippen molar-refractivity contribution >= 4 is 28.5 Å². The minimum absolute atomic E-state index is 0. The van der Waals surface area contributed by atoms with E-state index in [1.165, 1.54) is 6.07 Å². The number of fused-ring (bicyclic) bond motifs is 2. The number of piperidine rings is 1. The van der Waals surface area contributed by atoms with Gasteiger partial charge in [-0.05, 0) is 43.0 Å². The highest BCUT2D eigenvalue weighted by Crippen LogP contribution is 2.44. The van der Waals surface area contributed by atoms with Gasteiger partial charge in [0.15, 0.2) is 0 Å². The minimum atomic E-state index is -3.12. The van der Waals surface area contributed by atoms with Crippen LogP contribution in [0.2, 0.25) is 0 Å². The predicted octanol–water partition coefficient (Wildman–Crippen LogP) is 2.96. The highest BCUT2D eigenvalue weighted by molar-refractivity contribution is 7.89. The van der Waals surface area contributed by atoms with Crippen molar-refractivity contribution in [2.75, 3.05) is 18.8 Å². The summed E-state index contributed by atoms with van der Waals surface area (Å²) < 4.78 is 38.9. The molecule has 0 bridgehead atoms. The van der Waals surface area contributed by atoms with E-state index < -0.39 is 10.0 Å². The van der Waals surface area contributed by atoms with E-state index in [2.05, 4.69) is 6.08 Å². The van der Waals surface area contributed by atoms with Crippen molar-refractivity contribution in [3.05, 3.63) is 41.2 Å². The zero-order valence-corrected chi connectivity index (χ0v) is 13.5. The van der Waals surface area contributed by atoms with Crippen LogP contribution in [-0.2, 0) is 15.4 Å². The molecule has 1 spiro atoms. The Morgan fingerprint density at radius 1 is 1.29 bits per heavy atom.